The molecule has 0 spiro atoms. The third-order valence-corrected chi connectivity index (χ3v) is 2.00. The predicted octanol–water partition coefficient (Wildman–Crippen LogP) is 0.750. The van der Waals surface area contributed by atoms with Crippen LogP contribution >= 0.6 is 0 Å². The minimum Gasteiger partial charge on any atom is -0.319 e. The highest BCUT2D eigenvalue weighted by Crippen LogP contribution is 2.01. The Bertz CT molecular complexity index is 267. The van der Waals surface area contributed by atoms with E-state index in [0.29, 0.717) is 5.92 Å². The Morgan fingerprint density at radius 2 is 2.15 bits per heavy atom. The molecule has 1 unspecified atom stereocenters. The van der Waals surface area contributed by atoms with Gasteiger partial charge in [-0.15, -0.1) is 0 Å². The van der Waals surface area contributed by atoms with Crippen molar-refractivity contribution >= 4 is 0 Å². The highest BCUT2D eigenvalue weighted by atomic mass is 15.3. The van der Waals surface area contributed by atoms with Gasteiger partial charge in [-0.2, -0.15) is 5.10 Å². The topological polar surface area (TPSA) is 42.7 Å². The van der Waals surface area contributed by atoms with Gasteiger partial charge in [0.2, 0.25) is 0 Å². The van der Waals surface area contributed by atoms with Crippen LogP contribution in [0.5, 0.6) is 0 Å². The Hall–Kier alpha value is -0.900. The van der Waals surface area contributed by atoms with E-state index < -0.39 is 0 Å². The molecule has 1 heterocycles. The summed E-state index contributed by atoms with van der Waals surface area (Å²) in [6, 6.07) is 0. The molecule has 4 nitrogen and oxygen atoms in total. The van der Waals surface area contributed by atoms with Crippen LogP contribution in [-0.2, 0) is 6.54 Å². The fourth-order valence-corrected chi connectivity index (χ4v) is 1.44. The molecule has 0 amide bonds. The first-order valence-corrected chi connectivity index (χ1v) is 4.66. The van der Waals surface area contributed by atoms with Crippen molar-refractivity contribution in [1.29, 1.82) is 0 Å². The van der Waals surface area contributed by atoms with E-state index >= 15 is 0 Å². The van der Waals surface area contributed by atoms with Crippen LogP contribution in [0.3, 0.4) is 0 Å². The van der Waals surface area contributed by atoms with E-state index in [4.69, 9.17) is 0 Å². The van der Waals surface area contributed by atoms with Gasteiger partial charge >= 0.3 is 0 Å². The maximum Gasteiger partial charge on any atom is 0.147 e. The van der Waals surface area contributed by atoms with E-state index in [1.807, 2.05) is 25.6 Å². The quantitative estimate of drug-likeness (QED) is 0.747. The molecule has 1 atom stereocenters. The highest BCUT2D eigenvalue weighted by molar-refractivity contribution is 4.87. The molecule has 0 aromatic carbocycles. The van der Waals surface area contributed by atoms with E-state index in [1.54, 1.807) is 0 Å². The first-order chi connectivity index (χ1) is 6.13. The summed E-state index contributed by atoms with van der Waals surface area (Å²) in [4.78, 5) is 4.26. The minimum atomic E-state index is 0.588. The van der Waals surface area contributed by atoms with Crippen molar-refractivity contribution < 1.29 is 0 Å². The Morgan fingerprint density at radius 3 is 2.62 bits per heavy atom. The molecule has 1 N–H and O–H groups in total. The summed E-state index contributed by atoms with van der Waals surface area (Å²) in [6.45, 7) is 8.07. The van der Waals surface area contributed by atoms with Crippen molar-refractivity contribution in [2.75, 3.05) is 13.6 Å². The van der Waals surface area contributed by atoms with Crippen molar-refractivity contribution in [2.24, 2.45) is 5.92 Å². The van der Waals surface area contributed by atoms with Gasteiger partial charge in [0.1, 0.15) is 11.6 Å². The lowest BCUT2D eigenvalue weighted by Crippen LogP contribution is -2.21. The monoisotopic (exact) mass is 182 g/mol. The van der Waals surface area contributed by atoms with E-state index in [0.717, 1.165) is 24.7 Å². The van der Waals surface area contributed by atoms with Crippen LogP contribution in [0.2, 0.25) is 0 Å². The second-order valence-corrected chi connectivity index (χ2v) is 3.55. The van der Waals surface area contributed by atoms with Crippen molar-refractivity contribution in [2.45, 2.75) is 27.3 Å². The second kappa shape index (κ2) is 4.37. The first kappa shape index (κ1) is 10.2. The molecule has 0 aliphatic carbocycles. The zero-order chi connectivity index (χ0) is 9.84. The van der Waals surface area contributed by atoms with Gasteiger partial charge in [0, 0.05) is 6.54 Å². The molecule has 0 aliphatic rings. The average molecular weight is 182 g/mol. The molecule has 1 aromatic rings. The summed E-state index contributed by atoms with van der Waals surface area (Å²) >= 11 is 0. The minimum absolute atomic E-state index is 0.588. The van der Waals surface area contributed by atoms with Gasteiger partial charge in [-0.25, -0.2) is 9.67 Å². The second-order valence-electron chi connectivity index (χ2n) is 3.55. The Balaban J connectivity index is 2.57. The van der Waals surface area contributed by atoms with E-state index in [2.05, 4.69) is 22.3 Å². The Labute approximate surface area is 79.4 Å². The van der Waals surface area contributed by atoms with E-state index in [-0.39, 0.29) is 0 Å². The van der Waals surface area contributed by atoms with Crippen molar-refractivity contribution in [3.8, 4) is 0 Å². The van der Waals surface area contributed by atoms with Crippen molar-refractivity contribution in [3.05, 3.63) is 11.6 Å². The molecule has 13 heavy (non-hydrogen) atoms. The van der Waals surface area contributed by atoms with Crippen LogP contribution in [0.15, 0.2) is 0 Å². The number of aryl methyl sites for hydroxylation is 2. The third-order valence-electron chi connectivity index (χ3n) is 2.00. The lowest BCUT2D eigenvalue weighted by atomic mass is 10.2. The molecule has 74 valence electrons. The summed E-state index contributed by atoms with van der Waals surface area (Å²) in [6.07, 6.45) is 0. The number of aromatic nitrogens is 3. The smallest absolute Gasteiger partial charge is 0.147 e. The lowest BCUT2D eigenvalue weighted by Gasteiger charge is -2.10. The fraction of sp³-hybridized carbons (Fsp3) is 0.778. The van der Waals surface area contributed by atoms with Gasteiger partial charge < -0.3 is 5.32 Å². The summed E-state index contributed by atoms with van der Waals surface area (Å²) in [5, 5.41) is 7.46. The molecule has 1 rings (SSSR count). The number of hydrogen-bond acceptors (Lipinski definition) is 3. The van der Waals surface area contributed by atoms with Gasteiger partial charge in [-0.05, 0) is 33.4 Å². The molecule has 0 bridgehead atoms. The number of rotatable bonds is 4. The summed E-state index contributed by atoms with van der Waals surface area (Å²) in [5.41, 5.74) is 0. The number of hydrogen-bond donors (Lipinski definition) is 1. The lowest BCUT2D eigenvalue weighted by molar-refractivity contribution is 0.427. The van der Waals surface area contributed by atoms with Crippen LogP contribution in [0.25, 0.3) is 0 Å². The maximum atomic E-state index is 4.31. The molecule has 4 heteroatoms. The Kier molecular flexibility index (Phi) is 3.42. The molecule has 0 radical (unpaired) electrons. The van der Waals surface area contributed by atoms with Crippen molar-refractivity contribution in [3.63, 3.8) is 0 Å². The zero-order valence-electron chi connectivity index (χ0n) is 8.83. The van der Waals surface area contributed by atoms with Gasteiger partial charge in [-0.3, -0.25) is 0 Å². The van der Waals surface area contributed by atoms with Crippen LogP contribution in [0, 0.1) is 19.8 Å². The SMILES string of the molecule is CNCC(C)Cn1nc(C)nc1C. The van der Waals surface area contributed by atoms with Gasteiger partial charge in [0.15, 0.2) is 0 Å². The van der Waals surface area contributed by atoms with Crippen LogP contribution < -0.4 is 5.32 Å². The largest absolute Gasteiger partial charge is 0.319 e. The van der Waals surface area contributed by atoms with E-state index in [1.165, 1.54) is 0 Å². The van der Waals surface area contributed by atoms with Gasteiger partial charge in [0.05, 0.1) is 0 Å². The van der Waals surface area contributed by atoms with Crippen molar-refractivity contribution in [1.82, 2.24) is 20.1 Å². The Morgan fingerprint density at radius 1 is 1.46 bits per heavy atom. The van der Waals surface area contributed by atoms with Crippen LogP contribution in [-0.4, -0.2) is 28.4 Å². The van der Waals surface area contributed by atoms with E-state index in [9.17, 15) is 0 Å². The fourth-order valence-electron chi connectivity index (χ4n) is 1.44. The van der Waals surface area contributed by atoms with Gasteiger partial charge in [-0.1, -0.05) is 6.92 Å². The third kappa shape index (κ3) is 2.81. The molecule has 1 aromatic heterocycles. The number of nitrogens with zero attached hydrogens (tertiary/aromatic N) is 3. The average Bonchev–Trinajstić information content (AvgIpc) is 2.30. The molecule has 0 aliphatic heterocycles. The molecule has 0 saturated carbocycles. The number of nitrogens with one attached hydrogen (secondary N) is 1. The summed E-state index contributed by atoms with van der Waals surface area (Å²) < 4.78 is 1.97. The van der Waals surface area contributed by atoms with Crippen LogP contribution in [0.4, 0.5) is 0 Å². The molecular weight excluding hydrogens is 164 g/mol. The molecule has 0 fully saturated rings. The summed E-state index contributed by atoms with van der Waals surface area (Å²) in [5.74, 6) is 2.44. The summed E-state index contributed by atoms with van der Waals surface area (Å²) in [7, 11) is 1.97. The first-order valence-electron chi connectivity index (χ1n) is 4.66. The maximum absolute atomic E-state index is 4.31. The molecular formula is C9H18N4. The standard InChI is InChI=1S/C9H18N4/c1-7(5-10-4)6-13-9(3)11-8(2)12-13/h7,10H,5-6H2,1-4H3. The highest BCUT2D eigenvalue weighted by Gasteiger charge is 2.06. The zero-order valence-corrected chi connectivity index (χ0v) is 8.83. The predicted molar refractivity (Wildman–Crippen MR) is 52.6 cm³/mol. The van der Waals surface area contributed by atoms with Crippen LogP contribution in [0.1, 0.15) is 18.6 Å². The van der Waals surface area contributed by atoms with Gasteiger partial charge in [0.25, 0.3) is 0 Å². The normalized spacial score (nSPS) is 13.2. The molecule has 0 saturated heterocycles.